The Labute approximate surface area is 138 Å². The summed E-state index contributed by atoms with van der Waals surface area (Å²) in [6.07, 6.45) is 1.63. The number of unbranched alkanes of at least 4 members (excludes halogenated alkanes) is 1. The fourth-order valence-corrected chi connectivity index (χ4v) is 7.37. The average Bonchev–Trinajstić information content (AvgIpc) is 2.44. The molecule has 21 heavy (non-hydrogen) atoms. The second kappa shape index (κ2) is 8.42. The minimum atomic E-state index is -1.71. The maximum absolute atomic E-state index is 8.80. The Morgan fingerprint density at radius 3 is 2.14 bits per heavy atom. The molecule has 0 saturated carbocycles. The molecular weight excluding hydrogens is 338 g/mol. The molecule has 3 heteroatoms. The first-order valence-electron chi connectivity index (χ1n) is 7.58. The van der Waals surface area contributed by atoms with E-state index >= 15 is 0 Å². The molecule has 1 nitrogen and oxygen atoms in total. The zero-order chi connectivity index (χ0) is 15.9. The van der Waals surface area contributed by atoms with Crippen LogP contribution < -0.4 is 0 Å². The van der Waals surface area contributed by atoms with Crippen LogP contribution in [0, 0.1) is 22.8 Å². The summed E-state index contributed by atoms with van der Waals surface area (Å²) >= 11 is 3.45. The number of nitriles is 1. The van der Waals surface area contributed by atoms with E-state index in [2.05, 4.69) is 73.3 Å². The predicted molar refractivity (Wildman–Crippen MR) is 96.6 cm³/mol. The van der Waals surface area contributed by atoms with E-state index in [4.69, 9.17) is 5.26 Å². The third kappa shape index (κ3) is 5.02. The van der Waals surface area contributed by atoms with E-state index in [0.717, 1.165) is 22.5 Å². The van der Waals surface area contributed by atoms with Crippen LogP contribution in [0.15, 0.2) is 28.7 Å². The highest BCUT2D eigenvalue weighted by Crippen LogP contribution is 2.36. The van der Waals surface area contributed by atoms with Crippen LogP contribution in [0.5, 0.6) is 0 Å². The summed E-state index contributed by atoms with van der Waals surface area (Å²) in [5, 5.41) is 8.80. The van der Waals surface area contributed by atoms with E-state index in [-0.39, 0.29) is 0 Å². The van der Waals surface area contributed by atoms with Gasteiger partial charge in [0.25, 0.3) is 0 Å². The van der Waals surface area contributed by atoms with Gasteiger partial charge in [0.1, 0.15) is 8.07 Å². The van der Waals surface area contributed by atoms with Crippen LogP contribution in [0.25, 0.3) is 0 Å². The van der Waals surface area contributed by atoms with Crippen LogP contribution in [0.1, 0.15) is 46.1 Å². The van der Waals surface area contributed by atoms with Crippen molar-refractivity contribution in [2.24, 2.45) is 0 Å². The third-order valence-corrected chi connectivity index (χ3v) is 10.6. The van der Waals surface area contributed by atoms with Crippen LogP contribution in [-0.4, -0.2) is 8.07 Å². The molecular formula is C18H24BrNSi. The maximum Gasteiger partial charge on any atom is 0.143 e. The van der Waals surface area contributed by atoms with Gasteiger partial charge in [0.15, 0.2) is 0 Å². The molecule has 0 bridgehead atoms. The van der Waals surface area contributed by atoms with Gasteiger partial charge in [0.2, 0.25) is 0 Å². The smallest absolute Gasteiger partial charge is 0.143 e. The number of rotatable bonds is 5. The fourth-order valence-electron chi connectivity index (χ4n) is 2.78. The highest BCUT2D eigenvalue weighted by atomic mass is 79.9. The minimum Gasteiger partial charge on any atom is -0.198 e. The van der Waals surface area contributed by atoms with Crippen molar-refractivity contribution in [3.8, 4) is 17.5 Å². The van der Waals surface area contributed by atoms with Crippen LogP contribution in [0.2, 0.25) is 17.1 Å². The summed E-state index contributed by atoms with van der Waals surface area (Å²) in [7, 11) is -1.71. The van der Waals surface area contributed by atoms with Gasteiger partial charge >= 0.3 is 0 Å². The molecule has 1 rings (SSSR count). The van der Waals surface area contributed by atoms with Gasteiger partial charge in [-0.3, -0.25) is 0 Å². The lowest BCUT2D eigenvalue weighted by Crippen LogP contribution is -2.40. The number of nitrogens with zero attached hydrogens (tertiary/aromatic N) is 1. The van der Waals surface area contributed by atoms with Crippen molar-refractivity contribution < 1.29 is 0 Å². The van der Waals surface area contributed by atoms with Gasteiger partial charge in [-0.1, -0.05) is 49.5 Å². The lowest BCUT2D eigenvalue weighted by molar-refractivity contribution is 0.848. The van der Waals surface area contributed by atoms with E-state index in [9.17, 15) is 0 Å². The molecule has 0 heterocycles. The number of hydrogen-bond donors (Lipinski definition) is 0. The summed E-state index contributed by atoms with van der Waals surface area (Å²) < 4.78 is 1.08. The first-order chi connectivity index (χ1) is 9.92. The molecule has 0 atom stereocenters. The first-order valence-corrected chi connectivity index (χ1v) is 10.7. The molecule has 0 aliphatic rings. The Morgan fingerprint density at radius 2 is 1.67 bits per heavy atom. The molecule has 0 spiro atoms. The lowest BCUT2D eigenvalue weighted by atomic mass is 10.2. The van der Waals surface area contributed by atoms with E-state index in [1.165, 1.54) is 0 Å². The Balaban J connectivity index is 3.07. The minimum absolute atomic E-state index is 0.610. The largest absolute Gasteiger partial charge is 0.198 e. The Morgan fingerprint density at radius 1 is 1.10 bits per heavy atom. The molecule has 1 aromatic carbocycles. The lowest BCUT2D eigenvalue weighted by Gasteiger charge is -2.34. The molecule has 0 aliphatic heterocycles. The van der Waals surface area contributed by atoms with Crippen molar-refractivity contribution in [2.75, 3.05) is 0 Å². The number of hydrogen-bond acceptors (Lipinski definition) is 1. The average molecular weight is 362 g/mol. The van der Waals surface area contributed by atoms with Gasteiger partial charge < -0.3 is 0 Å². The normalized spacial score (nSPS) is 11.1. The van der Waals surface area contributed by atoms with Crippen molar-refractivity contribution in [1.29, 1.82) is 5.26 Å². The van der Waals surface area contributed by atoms with Gasteiger partial charge in [-0.25, -0.2) is 0 Å². The summed E-state index contributed by atoms with van der Waals surface area (Å²) in [5.74, 6) is 3.41. The SMILES string of the molecule is CC(C)[Si](C#Cc1ccc(Br)cc1)(CCCC#N)C(C)C. The van der Waals surface area contributed by atoms with Gasteiger partial charge in [-0.05, 0) is 47.8 Å². The molecule has 112 valence electrons. The van der Waals surface area contributed by atoms with Gasteiger partial charge in [-0.15, -0.1) is 5.54 Å². The zero-order valence-corrected chi connectivity index (χ0v) is 16.0. The third-order valence-electron chi connectivity index (χ3n) is 4.22. The van der Waals surface area contributed by atoms with Crippen molar-refractivity contribution >= 4 is 24.0 Å². The van der Waals surface area contributed by atoms with E-state index in [1.807, 2.05) is 12.1 Å². The molecule has 0 unspecified atom stereocenters. The highest BCUT2D eigenvalue weighted by molar-refractivity contribution is 9.10. The van der Waals surface area contributed by atoms with Gasteiger partial charge in [0, 0.05) is 16.5 Å². The zero-order valence-electron chi connectivity index (χ0n) is 13.4. The summed E-state index contributed by atoms with van der Waals surface area (Å²) in [5.41, 5.74) is 5.99. The van der Waals surface area contributed by atoms with E-state index in [1.54, 1.807) is 0 Å². The summed E-state index contributed by atoms with van der Waals surface area (Å²) in [6.45, 7) is 9.20. The van der Waals surface area contributed by atoms with Gasteiger partial charge in [-0.2, -0.15) is 5.26 Å². The molecule has 0 radical (unpaired) electrons. The Hall–Kier alpha value is -1.03. The molecule has 0 aromatic heterocycles. The monoisotopic (exact) mass is 361 g/mol. The maximum atomic E-state index is 8.80. The first kappa shape index (κ1) is 18.0. The number of halogens is 1. The topological polar surface area (TPSA) is 23.8 Å². The molecule has 0 N–H and O–H groups in total. The Kier molecular flexibility index (Phi) is 7.22. The number of benzene rings is 1. The Bertz CT molecular complexity index is 535. The standard InChI is InChI=1S/C18H24BrNSi/c1-15(2)21(16(3)4,13-6-5-12-20)14-11-17-7-9-18(19)10-8-17/h7-10,15-16H,5-6,13H2,1-4H3. The summed E-state index contributed by atoms with van der Waals surface area (Å²) in [6, 6.07) is 11.6. The molecule has 0 fully saturated rings. The van der Waals surface area contributed by atoms with E-state index < -0.39 is 8.07 Å². The van der Waals surface area contributed by atoms with Crippen molar-refractivity contribution in [3.63, 3.8) is 0 Å². The molecule has 0 amide bonds. The quantitative estimate of drug-likeness (QED) is 0.363. The summed E-state index contributed by atoms with van der Waals surface area (Å²) in [4.78, 5) is 0. The van der Waals surface area contributed by atoms with Crippen LogP contribution >= 0.6 is 15.9 Å². The second-order valence-corrected chi connectivity index (χ2v) is 12.2. The van der Waals surface area contributed by atoms with Crippen molar-refractivity contribution in [1.82, 2.24) is 0 Å². The van der Waals surface area contributed by atoms with Crippen LogP contribution in [0.4, 0.5) is 0 Å². The molecule has 0 saturated heterocycles. The predicted octanol–water partition coefficient (Wildman–Crippen LogP) is 5.91. The highest BCUT2D eigenvalue weighted by Gasteiger charge is 2.37. The van der Waals surface area contributed by atoms with Crippen molar-refractivity contribution in [3.05, 3.63) is 34.3 Å². The fraction of sp³-hybridized carbons (Fsp3) is 0.500. The van der Waals surface area contributed by atoms with Crippen LogP contribution in [0.3, 0.4) is 0 Å². The second-order valence-electron chi connectivity index (χ2n) is 6.12. The molecule has 1 aromatic rings. The van der Waals surface area contributed by atoms with E-state index in [0.29, 0.717) is 17.5 Å². The van der Waals surface area contributed by atoms with Crippen LogP contribution in [-0.2, 0) is 0 Å². The molecule has 0 aliphatic carbocycles. The van der Waals surface area contributed by atoms with Crippen molar-refractivity contribution in [2.45, 2.75) is 57.7 Å². The van der Waals surface area contributed by atoms with Gasteiger partial charge in [0.05, 0.1) is 6.07 Å².